The molecule has 3 aromatic rings. The molecule has 122 valence electrons. The maximum absolute atomic E-state index is 12.0. The lowest BCUT2D eigenvalue weighted by molar-refractivity contribution is -0.120. The lowest BCUT2D eigenvalue weighted by Crippen LogP contribution is -2.24. The molecule has 0 saturated carbocycles. The number of hydrogen-bond acceptors (Lipinski definition) is 4. The molecule has 0 saturated heterocycles. The normalized spacial score (nSPS) is 10.6. The van der Waals surface area contributed by atoms with E-state index < -0.39 is 0 Å². The molecule has 1 aromatic heterocycles. The molecule has 0 bridgehead atoms. The molecule has 0 radical (unpaired) electrons. The Morgan fingerprint density at radius 3 is 2.62 bits per heavy atom. The Balaban J connectivity index is 1.57. The van der Waals surface area contributed by atoms with Crippen molar-refractivity contribution >= 4 is 5.91 Å². The van der Waals surface area contributed by atoms with E-state index in [1.807, 2.05) is 62.4 Å². The second-order valence-electron chi connectivity index (χ2n) is 5.82. The summed E-state index contributed by atoms with van der Waals surface area (Å²) >= 11 is 0. The summed E-state index contributed by atoms with van der Waals surface area (Å²) in [5, 5.41) is 6.76. The van der Waals surface area contributed by atoms with E-state index >= 15 is 0 Å². The maximum atomic E-state index is 12.0. The van der Waals surface area contributed by atoms with Crippen LogP contribution >= 0.6 is 0 Å². The van der Waals surface area contributed by atoms with Crippen LogP contribution in [0.1, 0.15) is 22.6 Å². The highest BCUT2D eigenvalue weighted by Crippen LogP contribution is 2.16. The van der Waals surface area contributed by atoms with Crippen molar-refractivity contribution < 1.29 is 9.32 Å². The molecule has 2 aromatic carbocycles. The minimum absolute atomic E-state index is 0.0749. The molecule has 1 amide bonds. The third kappa shape index (κ3) is 4.07. The van der Waals surface area contributed by atoms with Crippen molar-refractivity contribution in [1.29, 1.82) is 0 Å². The fourth-order valence-electron chi connectivity index (χ4n) is 2.36. The third-order valence-electron chi connectivity index (χ3n) is 3.67. The number of carbonyl (C=O) groups is 1. The summed E-state index contributed by atoms with van der Waals surface area (Å²) in [5.41, 5.74) is 4.18. The first-order chi connectivity index (χ1) is 11.6. The largest absolute Gasteiger partial charge is 0.347 e. The second-order valence-corrected chi connectivity index (χ2v) is 5.82. The van der Waals surface area contributed by atoms with Gasteiger partial charge in [-0.2, -0.15) is 4.98 Å². The van der Waals surface area contributed by atoms with Crippen LogP contribution in [0.15, 0.2) is 53.1 Å². The van der Waals surface area contributed by atoms with E-state index in [1.54, 1.807) is 0 Å². The molecule has 0 aliphatic carbocycles. The fraction of sp³-hybridized carbons (Fsp3) is 0.211. The van der Waals surface area contributed by atoms with Crippen LogP contribution in [-0.4, -0.2) is 16.0 Å². The van der Waals surface area contributed by atoms with Crippen molar-refractivity contribution in [3.8, 4) is 11.4 Å². The van der Waals surface area contributed by atoms with Gasteiger partial charge >= 0.3 is 0 Å². The zero-order valence-electron chi connectivity index (χ0n) is 13.7. The van der Waals surface area contributed by atoms with Gasteiger partial charge in [-0.3, -0.25) is 4.79 Å². The van der Waals surface area contributed by atoms with Crippen LogP contribution in [0.2, 0.25) is 0 Å². The summed E-state index contributed by atoms with van der Waals surface area (Å²) in [6.45, 7) is 4.25. The molecule has 5 heteroatoms. The topological polar surface area (TPSA) is 68.0 Å². The third-order valence-corrected chi connectivity index (χ3v) is 3.67. The molecule has 0 aliphatic rings. The number of hydrogen-bond donors (Lipinski definition) is 1. The molecule has 0 aliphatic heterocycles. The summed E-state index contributed by atoms with van der Waals surface area (Å²) in [7, 11) is 0. The minimum atomic E-state index is -0.0749. The van der Waals surface area contributed by atoms with E-state index in [4.69, 9.17) is 4.52 Å². The molecule has 24 heavy (non-hydrogen) atoms. The molecule has 0 atom stereocenters. The smallest absolute Gasteiger partial charge is 0.246 e. The van der Waals surface area contributed by atoms with E-state index in [0.717, 1.165) is 16.7 Å². The van der Waals surface area contributed by atoms with Gasteiger partial charge in [-0.15, -0.1) is 0 Å². The van der Waals surface area contributed by atoms with Gasteiger partial charge in [-0.05, 0) is 25.5 Å². The molecule has 5 nitrogen and oxygen atoms in total. The number of aryl methyl sites for hydroxylation is 2. The van der Waals surface area contributed by atoms with Gasteiger partial charge in [0, 0.05) is 5.56 Å². The summed E-state index contributed by atoms with van der Waals surface area (Å²) < 4.78 is 5.20. The first-order valence-electron chi connectivity index (χ1n) is 7.82. The van der Waals surface area contributed by atoms with Crippen molar-refractivity contribution in [1.82, 2.24) is 15.5 Å². The second kappa shape index (κ2) is 7.08. The van der Waals surface area contributed by atoms with Crippen LogP contribution < -0.4 is 5.32 Å². The van der Waals surface area contributed by atoms with Gasteiger partial charge in [-0.25, -0.2) is 0 Å². The predicted molar refractivity (Wildman–Crippen MR) is 91.2 cm³/mol. The highest BCUT2D eigenvalue weighted by atomic mass is 16.5. The molecular formula is C19H19N3O2. The molecule has 1 N–H and O–H groups in total. The van der Waals surface area contributed by atoms with Crippen LogP contribution in [0.5, 0.6) is 0 Å². The quantitative estimate of drug-likeness (QED) is 0.783. The zero-order valence-corrected chi connectivity index (χ0v) is 13.7. The molecule has 3 rings (SSSR count). The number of rotatable bonds is 5. The Labute approximate surface area is 140 Å². The van der Waals surface area contributed by atoms with Crippen molar-refractivity contribution in [2.45, 2.75) is 26.8 Å². The van der Waals surface area contributed by atoms with Crippen molar-refractivity contribution in [2.24, 2.45) is 0 Å². The molecular weight excluding hydrogens is 302 g/mol. The SMILES string of the molecule is Cc1ccc(CC(=O)NCc2nc(-c3cccc(C)c3)no2)cc1. The highest BCUT2D eigenvalue weighted by molar-refractivity contribution is 5.78. The first-order valence-corrected chi connectivity index (χ1v) is 7.82. The lowest BCUT2D eigenvalue weighted by atomic mass is 10.1. The lowest BCUT2D eigenvalue weighted by Gasteiger charge is -2.03. The van der Waals surface area contributed by atoms with E-state index in [1.165, 1.54) is 5.56 Å². The van der Waals surface area contributed by atoms with Crippen LogP contribution in [0.25, 0.3) is 11.4 Å². The van der Waals surface area contributed by atoms with E-state index in [-0.39, 0.29) is 12.5 Å². The van der Waals surface area contributed by atoms with Gasteiger partial charge < -0.3 is 9.84 Å². The standard InChI is InChI=1S/C19H19N3O2/c1-13-6-8-15(9-7-13)11-17(23)20-12-18-21-19(22-24-18)16-5-3-4-14(2)10-16/h3-10H,11-12H2,1-2H3,(H,20,23). The number of amides is 1. The fourth-order valence-corrected chi connectivity index (χ4v) is 2.36. The van der Waals surface area contributed by atoms with Crippen molar-refractivity contribution in [2.75, 3.05) is 0 Å². The number of benzene rings is 2. The van der Waals surface area contributed by atoms with Crippen molar-refractivity contribution in [3.05, 3.63) is 71.1 Å². The monoisotopic (exact) mass is 321 g/mol. The Bertz CT molecular complexity index is 838. The van der Waals surface area contributed by atoms with Crippen molar-refractivity contribution in [3.63, 3.8) is 0 Å². The van der Waals surface area contributed by atoms with Gasteiger partial charge in [0.05, 0.1) is 13.0 Å². The van der Waals surface area contributed by atoms with Crippen LogP contribution in [0.4, 0.5) is 0 Å². The molecule has 0 fully saturated rings. The summed E-state index contributed by atoms with van der Waals surface area (Å²) in [4.78, 5) is 16.3. The number of aromatic nitrogens is 2. The summed E-state index contributed by atoms with van der Waals surface area (Å²) in [6, 6.07) is 15.8. The van der Waals surface area contributed by atoms with Crippen LogP contribution in [-0.2, 0) is 17.8 Å². The average molecular weight is 321 g/mol. The zero-order chi connectivity index (χ0) is 16.9. The van der Waals surface area contributed by atoms with E-state index in [9.17, 15) is 4.79 Å². The maximum Gasteiger partial charge on any atom is 0.246 e. The van der Waals surface area contributed by atoms with E-state index in [0.29, 0.717) is 18.1 Å². The molecule has 0 unspecified atom stereocenters. The Hall–Kier alpha value is -2.95. The Morgan fingerprint density at radius 2 is 1.88 bits per heavy atom. The highest BCUT2D eigenvalue weighted by Gasteiger charge is 2.10. The van der Waals surface area contributed by atoms with Crippen LogP contribution in [0.3, 0.4) is 0 Å². The summed E-state index contributed by atoms with van der Waals surface area (Å²) in [6.07, 6.45) is 0.332. The summed E-state index contributed by atoms with van der Waals surface area (Å²) in [5.74, 6) is 0.847. The number of nitrogens with one attached hydrogen (secondary N) is 1. The Kier molecular flexibility index (Phi) is 4.70. The van der Waals surface area contributed by atoms with E-state index in [2.05, 4.69) is 15.5 Å². The average Bonchev–Trinajstić information content (AvgIpc) is 3.04. The van der Waals surface area contributed by atoms with Gasteiger partial charge in [0.15, 0.2) is 0 Å². The number of nitrogens with zero attached hydrogens (tertiary/aromatic N) is 2. The van der Waals surface area contributed by atoms with Gasteiger partial charge in [0.2, 0.25) is 17.6 Å². The Morgan fingerprint density at radius 1 is 1.08 bits per heavy atom. The van der Waals surface area contributed by atoms with Gasteiger partial charge in [0.25, 0.3) is 0 Å². The minimum Gasteiger partial charge on any atom is -0.347 e. The van der Waals surface area contributed by atoms with Crippen LogP contribution in [0, 0.1) is 13.8 Å². The number of carbonyl (C=O) groups excluding carboxylic acids is 1. The molecule has 0 spiro atoms. The first kappa shape index (κ1) is 15.9. The van der Waals surface area contributed by atoms with Gasteiger partial charge in [-0.1, -0.05) is 58.7 Å². The van der Waals surface area contributed by atoms with Gasteiger partial charge in [0.1, 0.15) is 0 Å². The predicted octanol–water partition coefficient (Wildman–Crippen LogP) is 3.21. The molecule has 1 heterocycles.